The molecule has 2 heteroatoms. The molecule has 0 aromatic heterocycles. The Bertz CT molecular complexity index is 167. The van der Waals surface area contributed by atoms with Gasteiger partial charge >= 0.3 is 0 Å². The predicted octanol–water partition coefficient (Wildman–Crippen LogP) is -0.0321. The molecule has 0 radical (unpaired) electrons. The fraction of sp³-hybridized carbons (Fsp3) is 0. The fourth-order valence-corrected chi connectivity index (χ4v) is 0.426. The molecule has 0 bridgehead atoms. The summed E-state index contributed by atoms with van der Waals surface area (Å²) in [6, 6.07) is 0. The van der Waals surface area contributed by atoms with Crippen molar-refractivity contribution in [2.75, 3.05) is 0 Å². The maximum atomic E-state index is 10.3. The van der Waals surface area contributed by atoms with Crippen LogP contribution in [0.15, 0.2) is 23.9 Å². The number of carbonyl (C=O) groups is 1. The highest BCUT2D eigenvalue weighted by Crippen LogP contribution is 2.12. The average molecular weight is 95.1 g/mol. The Balaban J connectivity index is 2.96. The number of rotatable bonds is 0. The molecule has 0 saturated carbocycles. The molecule has 1 rings (SSSR count). The highest BCUT2D eigenvalue weighted by Gasteiger charge is 2.17. The van der Waals surface area contributed by atoms with Crippen molar-refractivity contribution in [1.82, 2.24) is 0 Å². The first kappa shape index (κ1) is 4.12. The summed E-state index contributed by atoms with van der Waals surface area (Å²) < 4.78 is 0. The molecule has 1 aliphatic carbocycles. The van der Waals surface area contributed by atoms with E-state index in [1.54, 1.807) is 6.08 Å². The molecule has 0 spiro atoms. The Morgan fingerprint density at radius 2 is 2.29 bits per heavy atom. The van der Waals surface area contributed by atoms with E-state index in [4.69, 9.17) is 5.73 Å². The van der Waals surface area contributed by atoms with Gasteiger partial charge < -0.3 is 5.73 Å². The molecule has 7 heavy (non-hydrogen) atoms. The second-order valence-electron chi connectivity index (χ2n) is 1.45. The number of carbonyl (C=O) groups excluding carboxylic acids is 1. The molecule has 0 saturated heterocycles. The van der Waals surface area contributed by atoms with Crippen LogP contribution in [0, 0.1) is 0 Å². The third kappa shape index (κ3) is 0.359. The molecule has 36 valence electrons. The van der Waals surface area contributed by atoms with Crippen LogP contribution in [0.4, 0.5) is 0 Å². The summed E-state index contributed by atoms with van der Waals surface area (Å²) in [5.41, 5.74) is 5.90. The van der Waals surface area contributed by atoms with Gasteiger partial charge in [-0.2, -0.15) is 0 Å². The molecular weight excluding hydrogens is 90.1 g/mol. The number of nitrogens with two attached hydrogens (primary N) is 1. The molecule has 0 fully saturated rings. The number of hydrogen-bond donors (Lipinski definition) is 1. The molecular formula is C5H5NO. The van der Waals surface area contributed by atoms with Crippen LogP contribution in [0.5, 0.6) is 0 Å². The summed E-state index contributed by atoms with van der Waals surface area (Å²) in [6.07, 6.45) is 1.56. The number of Topliss-reactive ketones (excluding diaryl/α,β-unsaturated/α-hetero) is 1. The van der Waals surface area contributed by atoms with Crippen LogP contribution in [0.2, 0.25) is 0 Å². The Morgan fingerprint density at radius 1 is 1.71 bits per heavy atom. The van der Waals surface area contributed by atoms with Crippen molar-refractivity contribution in [3.63, 3.8) is 0 Å². The first-order valence-corrected chi connectivity index (χ1v) is 1.92. The van der Waals surface area contributed by atoms with Gasteiger partial charge in [0, 0.05) is 5.57 Å². The van der Waals surface area contributed by atoms with Crippen LogP contribution in [-0.2, 0) is 4.79 Å². The summed E-state index contributed by atoms with van der Waals surface area (Å²) >= 11 is 0. The Morgan fingerprint density at radius 3 is 2.29 bits per heavy atom. The van der Waals surface area contributed by atoms with Crippen LogP contribution < -0.4 is 5.73 Å². The molecule has 2 N–H and O–H groups in total. The third-order valence-corrected chi connectivity index (χ3v) is 0.884. The van der Waals surface area contributed by atoms with Crippen molar-refractivity contribution in [3.05, 3.63) is 23.9 Å². The monoisotopic (exact) mass is 95.0 g/mol. The van der Waals surface area contributed by atoms with Crippen molar-refractivity contribution in [2.45, 2.75) is 0 Å². The number of hydrogen-bond acceptors (Lipinski definition) is 2. The van der Waals surface area contributed by atoms with Crippen molar-refractivity contribution >= 4 is 5.78 Å². The zero-order chi connectivity index (χ0) is 5.44. The largest absolute Gasteiger partial charge is 0.396 e. The minimum atomic E-state index is -0.111. The SMILES string of the molecule is C=C1C=C(N)C1=O. The molecule has 0 atom stereocenters. The van der Waals surface area contributed by atoms with Gasteiger partial charge in [0.1, 0.15) is 0 Å². The molecule has 0 amide bonds. The minimum absolute atomic E-state index is 0.111. The summed E-state index contributed by atoms with van der Waals surface area (Å²) in [7, 11) is 0. The Kier molecular flexibility index (Phi) is 0.567. The zero-order valence-electron chi connectivity index (χ0n) is 3.77. The number of ketones is 1. The van der Waals surface area contributed by atoms with E-state index < -0.39 is 0 Å². The van der Waals surface area contributed by atoms with Gasteiger partial charge in [-0.3, -0.25) is 4.79 Å². The van der Waals surface area contributed by atoms with Gasteiger partial charge in [0.15, 0.2) is 0 Å². The number of allylic oxidation sites excluding steroid dienone is 2. The van der Waals surface area contributed by atoms with Crippen molar-refractivity contribution in [3.8, 4) is 0 Å². The quantitative estimate of drug-likeness (QED) is 0.429. The molecule has 0 aliphatic heterocycles. The summed E-state index contributed by atoms with van der Waals surface area (Å²) in [6.45, 7) is 3.39. The Labute approximate surface area is 41.3 Å². The lowest BCUT2D eigenvalue weighted by atomic mass is 10.00. The molecule has 0 aromatic rings. The van der Waals surface area contributed by atoms with Gasteiger partial charge in [-0.05, 0) is 6.08 Å². The lowest BCUT2D eigenvalue weighted by Gasteiger charge is -2.08. The van der Waals surface area contributed by atoms with Gasteiger partial charge in [0.05, 0.1) is 5.70 Å². The second-order valence-corrected chi connectivity index (χ2v) is 1.45. The molecule has 0 unspecified atom stereocenters. The second kappa shape index (κ2) is 0.964. The lowest BCUT2D eigenvalue weighted by molar-refractivity contribution is -0.112. The minimum Gasteiger partial charge on any atom is -0.396 e. The van der Waals surface area contributed by atoms with Crippen LogP contribution in [0.25, 0.3) is 0 Å². The van der Waals surface area contributed by atoms with E-state index >= 15 is 0 Å². The first-order valence-electron chi connectivity index (χ1n) is 1.92. The first-order chi connectivity index (χ1) is 3.22. The van der Waals surface area contributed by atoms with Gasteiger partial charge in [-0.1, -0.05) is 6.58 Å². The predicted molar refractivity (Wildman–Crippen MR) is 26.4 cm³/mol. The summed E-state index contributed by atoms with van der Waals surface area (Å²) in [4.78, 5) is 10.3. The molecule has 1 aliphatic rings. The van der Waals surface area contributed by atoms with Crippen molar-refractivity contribution in [1.29, 1.82) is 0 Å². The molecule has 2 nitrogen and oxygen atoms in total. The smallest absolute Gasteiger partial charge is 0.208 e. The van der Waals surface area contributed by atoms with E-state index in [0.29, 0.717) is 11.3 Å². The maximum Gasteiger partial charge on any atom is 0.208 e. The van der Waals surface area contributed by atoms with Crippen LogP contribution >= 0.6 is 0 Å². The summed E-state index contributed by atoms with van der Waals surface area (Å²) in [5, 5.41) is 0. The Hall–Kier alpha value is -1.05. The van der Waals surface area contributed by atoms with Crippen molar-refractivity contribution < 1.29 is 4.79 Å². The normalized spacial score (nSPS) is 18.6. The van der Waals surface area contributed by atoms with Crippen LogP contribution in [0.3, 0.4) is 0 Å². The lowest BCUT2D eigenvalue weighted by Crippen LogP contribution is -2.20. The molecule has 0 aromatic carbocycles. The van der Waals surface area contributed by atoms with E-state index in [-0.39, 0.29) is 5.78 Å². The fourth-order valence-electron chi connectivity index (χ4n) is 0.426. The maximum absolute atomic E-state index is 10.3. The van der Waals surface area contributed by atoms with E-state index in [1.807, 2.05) is 0 Å². The van der Waals surface area contributed by atoms with Crippen LogP contribution in [-0.4, -0.2) is 5.78 Å². The van der Waals surface area contributed by atoms with Gasteiger partial charge in [-0.15, -0.1) is 0 Å². The third-order valence-electron chi connectivity index (χ3n) is 0.884. The van der Waals surface area contributed by atoms with E-state index in [0.717, 1.165) is 0 Å². The van der Waals surface area contributed by atoms with E-state index in [9.17, 15) is 4.79 Å². The van der Waals surface area contributed by atoms with Gasteiger partial charge in [0.25, 0.3) is 0 Å². The average Bonchev–Trinajstić information content (AvgIpc) is 1.68. The standard InChI is InChI=1S/C5H5NO/c1-3-2-4(6)5(3)7/h2H,1,6H2. The summed E-state index contributed by atoms with van der Waals surface area (Å²) in [5.74, 6) is -0.111. The van der Waals surface area contributed by atoms with E-state index in [2.05, 4.69) is 6.58 Å². The zero-order valence-corrected chi connectivity index (χ0v) is 3.77. The van der Waals surface area contributed by atoms with Crippen LogP contribution in [0.1, 0.15) is 0 Å². The van der Waals surface area contributed by atoms with Crippen molar-refractivity contribution in [2.24, 2.45) is 5.73 Å². The highest BCUT2D eigenvalue weighted by atomic mass is 16.1. The van der Waals surface area contributed by atoms with Gasteiger partial charge in [0.2, 0.25) is 5.78 Å². The van der Waals surface area contributed by atoms with Gasteiger partial charge in [-0.25, -0.2) is 0 Å². The highest BCUT2D eigenvalue weighted by molar-refractivity contribution is 6.16. The van der Waals surface area contributed by atoms with E-state index in [1.165, 1.54) is 0 Å². The topological polar surface area (TPSA) is 43.1 Å². The molecule has 0 heterocycles.